The number of ether oxygens (including phenoxy) is 1. The molecule has 1 aromatic heterocycles. The fourth-order valence-corrected chi connectivity index (χ4v) is 3.31. The molecule has 1 aromatic carbocycles. The fourth-order valence-electron chi connectivity index (χ4n) is 1.83. The van der Waals surface area contributed by atoms with Gasteiger partial charge in [-0.1, -0.05) is 12.1 Å². The Morgan fingerprint density at radius 3 is 2.76 bits per heavy atom. The average Bonchev–Trinajstić information content (AvgIpc) is 2.88. The minimum Gasteiger partial charge on any atom is -0.491 e. The predicted octanol–water partition coefficient (Wildman–Crippen LogP) is 3.42. The van der Waals surface area contributed by atoms with Gasteiger partial charge in [0.2, 0.25) is 0 Å². The number of thiophene rings is 1. The highest BCUT2D eigenvalue weighted by molar-refractivity contribution is 9.11. The zero-order valence-corrected chi connectivity index (χ0v) is 13.7. The number of halogens is 1. The van der Waals surface area contributed by atoms with Crippen molar-refractivity contribution in [2.45, 2.75) is 6.42 Å². The first-order valence-electron chi connectivity index (χ1n) is 6.57. The van der Waals surface area contributed by atoms with Crippen molar-refractivity contribution in [3.63, 3.8) is 0 Å². The highest BCUT2D eigenvalue weighted by Gasteiger charge is 2.09. The molecule has 2 N–H and O–H groups in total. The topological polar surface area (TPSA) is 58.6 Å². The third kappa shape index (κ3) is 5.15. The molecule has 0 spiro atoms. The van der Waals surface area contributed by atoms with Gasteiger partial charge in [-0.15, -0.1) is 11.3 Å². The van der Waals surface area contributed by atoms with Gasteiger partial charge in [0.1, 0.15) is 17.9 Å². The first-order chi connectivity index (χ1) is 10.2. The summed E-state index contributed by atoms with van der Waals surface area (Å²) in [6.45, 7) is 2.00. The summed E-state index contributed by atoms with van der Waals surface area (Å²) in [5.41, 5.74) is 0.195. The zero-order chi connectivity index (χ0) is 15.1. The SMILES string of the molecule is O=C(O)c1ccccc1OCCNCCc1ccc(Br)s1. The Morgan fingerprint density at radius 1 is 1.24 bits per heavy atom. The van der Waals surface area contributed by atoms with E-state index >= 15 is 0 Å². The molecule has 0 atom stereocenters. The van der Waals surface area contributed by atoms with E-state index in [0.29, 0.717) is 18.9 Å². The smallest absolute Gasteiger partial charge is 0.339 e. The zero-order valence-electron chi connectivity index (χ0n) is 11.3. The summed E-state index contributed by atoms with van der Waals surface area (Å²) >= 11 is 5.17. The van der Waals surface area contributed by atoms with Crippen molar-refractivity contribution in [1.82, 2.24) is 5.32 Å². The maximum Gasteiger partial charge on any atom is 0.339 e. The molecule has 0 bridgehead atoms. The molecule has 2 aromatic rings. The molecule has 2 rings (SSSR count). The lowest BCUT2D eigenvalue weighted by molar-refractivity contribution is 0.0692. The van der Waals surface area contributed by atoms with Crippen LogP contribution in [0.15, 0.2) is 40.2 Å². The van der Waals surface area contributed by atoms with Crippen molar-refractivity contribution >= 4 is 33.2 Å². The van der Waals surface area contributed by atoms with Gasteiger partial charge in [-0.25, -0.2) is 4.79 Å². The second-order valence-corrected chi connectivity index (χ2v) is 6.90. The third-order valence-electron chi connectivity index (χ3n) is 2.83. The highest BCUT2D eigenvalue weighted by Crippen LogP contribution is 2.22. The molecule has 0 saturated carbocycles. The number of carbonyl (C=O) groups is 1. The molecule has 0 amide bonds. The molecule has 1 heterocycles. The van der Waals surface area contributed by atoms with Gasteiger partial charge in [-0.2, -0.15) is 0 Å². The molecular formula is C15H16BrNO3S. The Labute approximate surface area is 135 Å². The van der Waals surface area contributed by atoms with Crippen LogP contribution >= 0.6 is 27.3 Å². The second kappa shape index (κ2) is 8.17. The maximum absolute atomic E-state index is 11.0. The number of carboxylic acid groups (broad SMARTS) is 1. The van der Waals surface area contributed by atoms with E-state index in [2.05, 4.69) is 27.3 Å². The molecule has 21 heavy (non-hydrogen) atoms. The highest BCUT2D eigenvalue weighted by atomic mass is 79.9. The number of rotatable bonds is 8. The van der Waals surface area contributed by atoms with Crippen LogP contribution in [0.25, 0.3) is 0 Å². The predicted molar refractivity (Wildman–Crippen MR) is 87.5 cm³/mol. The number of para-hydroxylation sites is 1. The minimum atomic E-state index is -0.971. The molecule has 0 aliphatic heterocycles. The van der Waals surface area contributed by atoms with Gasteiger partial charge in [0.05, 0.1) is 3.79 Å². The minimum absolute atomic E-state index is 0.195. The summed E-state index contributed by atoms with van der Waals surface area (Å²) < 4.78 is 6.65. The Kier molecular flexibility index (Phi) is 6.22. The van der Waals surface area contributed by atoms with Crippen molar-refractivity contribution in [2.75, 3.05) is 19.7 Å². The van der Waals surface area contributed by atoms with Crippen LogP contribution in [-0.4, -0.2) is 30.8 Å². The maximum atomic E-state index is 11.0. The van der Waals surface area contributed by atoms with Crippen molar-refractivity contribution in [1.29, 1.82) is 0 Å². The standard InChI is InChI=1S/C15H16BrNO3S/c16-14-6-5-11(21-14)7-8-17-9-10-20-13-4-2-1-3-12(13)15(18)19/h1-6,17H,7-10H2,(H,18,19). The Hall–Kier alpha value is -1.37. The lowest BCUT2D eigenvalue weighted by atomic mass is 10.2. The van der Waals surface area contributed by atoms with Crippen LogP contribution in [0.5, 0.6) is 5.75 Å². The monoisotopic (exact) mass is 369 g/mol. The van der Waals surface area contributed by atoms with Gasteiger partial charge in [-0.3, -0.25) is 0 Å². The van der Waals surface area contributed by atoms with Crippen molar-refractivity contribution < 1.29 is 14.6 Å². The van der Waals surface area contributed by atoms with Crippen LogP contribution in [0.3, 0.4) is 0 Å². The summed E-state index contributed by atoms with van der Waals surface area (Å²) in [5.74, 6) is -0.559. The second-order valence-electron chi connectivity index (χ2n) is 4.36. The number of hydrogen-bond donors (Lipinski definition) is 2. The van der Waals surface area contributed by atoms with Gasteiger partial charge < -0.3 is 15.2 Å². The fraction of sp³-hybridized carbons (Fsp3) is 0.267. The molecule has 0 saturated heterocycles. The van der Waals surface area contributed by atoms with Crippen molar-refractivity contribution in [3.8, 4) is 5.75 Å². The number of aromatic carboxylic acids is 1. The van der Waals surface area contributed by atoms with Gasteiger partial charge >= 0.3 is 5.97 Å². The van der Waals surface area contributed by atoms with E-state index in [-0.39, 0.29) is 5.56 Å². The van der Waals surface area contributed by atoms with Gasteiger partial charge in [-0.05, 0) is 46.6 Å². The number of hydrogen-bond acceptors (Lipinski definition) is 4. The van der Waals surface area contributed by atoms with E-state index in [1.165, 1.54) is 4.88 Å². The summed E-state index contributed by atoms with van der Waals surface area (Å²) in [7, 11) is 0. The van der Waals surface area contributed by atoms with E-state index < -0.39 is 5.97 Å². The van der Waals surface area contributed by atoms with Gasteiger partial charge in [0.25, 0.3) is 0 Å². The van der Waals surface area contributed by atoms with E-state index in [1.54, 1.807) is 35.6 Å². The number of nitrogens with one attached hydrogen (secondary N) is 1. The summed E-state index contributed by atoms with van der Waals surface area (Å²) in [5, 5.41) is 12.3. The Morgan fingerprint density at radius 2 is 2.05 bits per heavy atom. The van der Waals surface area contributed by atoms with E-state index in [1.807, 2.05) is 6.07 Å². The van der Waals surface area contributed by atoms with Gasteiger partial charge in [0.15, 0.2) is 0 Å². The first-order valence-corrected chi connectivity index (χ1v) is 8.18. The molecular weight excluding hydrogens is 354 g/mol. The largest absolute Gasteiger partial charge is 0.491 e. The average molecular weight is 370 g/mol. The van der Waals surface area contributed by atoms with Crippen LogP contribution in [0, 0.1) is 0 Å². The Balaban J connectivity index is 1.67. The van der Waals surface area contributed by atoms with E-state index in [0.717, 1.165) is 16.8 Å². The van der Waals surface area contributed by atoms with Gasteiger partial charge in [0, 0.05) is 18.0 Å². The molecule has 112 valence electrons. The van der Waals surface area contributed by atoms with Crippen LogP contribution in [0.2, 0.25) is 0 Å². The molecule has 0 aliphatic rings. The first kappa shape index (κ1) is 16.0. The quantitative estimate of drug-likeness (QED) is 0.700. The van der Waals surface area contributed by atoms with Crippen LogP contribution < -0.4 is 10.1 Å². The third-order valence-corrected chi connectivity index (χ3v) is 4.51. The molecule has 4 nitrogen and oxygen atoms in total. The normalized spacial score (nSPS) is 10.5. The number of carboxylic acids is 1. The van der Waals surface area contributed by atoms with Crippen molar-refractivity contribution in [2.24, 2.45) is 0 Å². The molecule has 6 heteroatoms. The molecule has 0 radical (unpaired) electrons. The van der Waals surface area contributed by atoms with E-state index in [4.69, 9.17) is 9.84 Å². The lowest BCUT2D eigenvalue weighted by Gasteiger charge is -2.09. The summed E-state index contributed by atoms with van der Waals surface area (Å²) in [6.07, 6.45) is 0.974. The Bertz CT molecular complexity index is 600. The van der Waals surface area contributed by atoms with E-state index in [9.17, 15) is 4.79 Å². The van der Waals surface area contributed by atoms with Crippen LogP contribution in [-0.2, 0) is 6.42 Å². The van der Waals surface area contributed by atoms with Crippen LogP contribution in [0.4, 0.5) is 0 Å². The van der Waals surface area contributed by atoms with Crippen molar-refractivity contribution in [3.05, 3.63) is 50.6 Å². The molecule has 0 unspecified atom stereocenters. The lowest BCUT2D eigenvalue weighted by Crippen LogP contribution is -2.23. The summed E-state index contributed by atoms with van der Waals surface area (Å²) in [6, 6.07) is 10.8. The molecule has 0 aliphatic carbocycles. The van der Waals surface area contributed by atoms with Crippen LogP contribution in [0.1, 0.15) is 15.2 Å². The molecule has 0 fully saturated rings. The summed E-state index contributed by atoms with van der Waals surface area (Å²) in [4.78, 5) is 12.3. The number of benzene rings is 1.